The molecule has 1 aromatic carbocycles. The number of aliphatic imine (C=N–C) groups is 1. The van der Waals surface area contributed by atoms with Gasteiger partial charge in [0.05, 0.1) is 12.7 Å². The third-order valence-corrected chi connectivity index (χ3v) is 4.81. The lowest BCUT2D eigenvalue weighted by Gasteiger charge is -2.23. The van der Waals surface area contributed by atoms with Gasteiger partial charge in [-0.05, 0) is 37.1 Å². The number of hydrogen-bond donors (Lipinski definition) is 1. The molecule has 2 atom stereocenters. The van der Waals surface area contributed by atoms with Crippen LogP contribution in [0.25, 0.3) is 0 Å². The van der Waals surface area contributed by atoms with E-state index in [1.807, 2.05) is 56.2 Å². The summed E-state index contributed by atoms with van der Waals surface area (Å²) in [7, 11) is 3.78. The maximum absolute atomic E-state index is 6.00. The Hall–Kier alpha value is -1.48. The van der Waals surface area contributed by atoms with Gasteiger partial charge < -0.3 is 15.0 Å². The van der Waals surface area contributed by atoms with Crippen molar-refractivity contribution in [3.05, 3.63) is 47.2 Å². The van der Waals surface area contributed by atoms with Crippen molar-refractivity contribution in [3.63, 3.8) is 0 Å². The van der Waals surface area contributed by atoms with Crippen LogP contribution in [0, 0.1) is 0 Å². The molecule has 1 aliphatic rings. The molecule has 0 amide bonds. The molecule has 1 N–H and O–H groups in total. The van der Waals surface area contributed by atoms with Crippen LogP contribution in [0.5, 0.6) is 5.75 Å². The Morgan fingerprint density at radius 1 is 1.48 bits per heavy atom. The van der Waals surface area contributed by atoms with Gasteiger partial charge >= 0.3 is 0 Å². The summed E-state index contributed by atoms with van der Waals surface area (Å²) in [4.78, 5) is 6.73. The fraction of sp³-hybridized carbons (Fsp3) is 0.474. The summed E-state index contributed by atoms with van der Waals surface area (Å²) in [5.74, 6) is 2.19. The molecular weight excluding hydrogens is 477 g/mol. The molecule has 2 unspecified atom stereocenters. The first-order valence-electron chi connectivity index (χ1n) is 8.91. The van der Waals surface area contributed by atoms with E-state index >= 15 is 0 Å². The minimum atomic E-state index is 0. The topological polar surface area (TPSA) is 54.7 Å². The summed E-state index contributed by atoms with van der Waals surface area (Å²) in [5, 5.41) is 8.38. The maximum atomic E-state index is 6.00. The van der Waals surface area contributed by atoms with Gasteiger partial charge in [0.2, 0.25) is 0 Å². The zero-order valence-corrected chi connectivity index (χ0v) is 19.0. The number of hydrogen-bond acceptors (Lipinski definition) is 3. The number of ether oxygens (including phenoxy) is 1. The van der Waals surface area contributed by atoms with Crippen LogP contribution in [-0.2, 0) is 7.05 Å². The van der Waals surface area contributed by atoms with E-state index in [0.717, 1.165) is 31.2 Å². The predicted molar refractivity (Wildman–Crippen MR) is 120 cm³/mol. The Bertz CT molecular complexity index is 766. The molecule has 1 aliphatic heterocycles. The molecule has 2 heterocycles. The average molecular weight is 504 g/mol. The standard InChI is InChI=1S/C19H26ClN5O.HI/c1-14(26-18-6-4-5-17(20)9-18)10-22-19(21-2)25-8-7-15(13-25)16-11-23-24(3)12-16;/h4-6,9,11-12,14-15H,7-8,10,13H2,1-3H3,(H,21,22);1H. The number of aryl methyl sites for hydroxylation is 1. The van der Waals surface area contributed by atoms with E-state index in [1.54, 1.807) is 0 Å². The largest absolute Gasteiger partial charge is 0.489 e. The van der Waals surface area contributed by atoms with Gasteiger partial charge in [-0.1, -0.05) is 17.7 Å². The first-order chi connectivity index (χ1) is 12.5. The normalized spacial score (nSPS) is 18.1. The summed E-state index contributed by atoms with van der Waals surface area (Å²) in [6.07, 6.45) is 5.18. The molecule has 0 saturated carbocycles. The van der Waals surface area contributed by atoms with Crippen LogP contribution in [0.1, 0.15) is 24.8 Å². The highest BCUT2D eigenvalue weighted by Crippen LogP contribution is 2.26. The fourth-order valence-corrected chi connectivity index (χ4v) is 3.44. The molecule has 27 heavy (non-hydrogen) atoms. The first-order valence-corrected chi connectivity index (χ1v) is 9.29. The SMILES string of the molecule is CN=C(NCC(C)Oc1cccc(Cl)c1)N1CCC(c2cnn(C)c2)C1.I. The number of rotatable bonds is 5. The number of benzene rings is 1. The minimum Gasteiger partial charge on any atom is -0.489 e. The number of likely N-dealkylation sites (tertiary alicyclic amines) is 1. The fourth-order valence-electron chi connectivity index (χ4n) is 3.26. The number of halogens is 2. The molecule has 6 nitrogen and oxygen atoms in total. The van der Waals surface area contributed by atoms with Gasteiger partial charge in [-0.15, -0.1) is 24.0 Å². The summed E-state index contributed by atoms with van der Waals surface area (Å²) < 4.78 is 7.78. The monoisotopic (exact) mass is 503 g/mol. The maximum Gasteiger partial charge on any atom is 0.193 e. The number of aromatic nitrogens is 2. The van der Waals surface area contributed by atoms with Crippen LogP contribution >= 0.6 is 35.6 Å². The smallest absolute Gasteiger partial charge is 0.193 e. The highest BCUT2D eigenvalue weighted by Gasteiger charge is 2.27. The van der Waals surface area contributed by atoms with Gasteiger partial charge in [0, 0.05) is 44.3 Å². The molecule has 0 radical (unpaired) electrons. The number of guanidine groups is 1. The third-order valence-electron chi connectivity index (χ3n) is 4.58. The van der Waals surface area contributed by atoms with E-state index in [2.05, 4.69) is 26.5 Å². The number of nitrogens with one attached hydrogen (secondary N) is 1. The van der Waals surface area contributed by atoms with Crippen LogP contribution in [0.2, 0.25) is 5.02 Å². The number of nitrogens with zero attached hydrogens (tertiary/aromatic N) is 4. The van der Waals surface area contributed by atoms with Gasteiger partial charge in [0.15, 0.2) is 5.96 Å². The van der Waals surface area contributed by atoms with Crippen molar-refractivity contribution in [2.24, 2.45) is 12.0 Å². The van der Waals surface area contributed by atoms with Gasteiger partial charge in [-0.25, -0.2) is 0 Å². The lowest BCUT2D eigenvalue weighted by molar-refractivity contribution is 0.222. The van der Waals surface area contributed by atoms with E-state index < -0.39 is 0 Å². The van der Waals surface area contributed by atoms with Gasteiger partial charge in [0.1, 0.15) is 11.9 Å². The van der Waals surface area contributed by atoms with Crippen LogP contribution in [0.15, 0.2) is 41.7 Å². The molecule has 1 saturated heterocycles. The lowest BCUT2D eigenvalue weighted by atomic mass is 10.0. The third kappa shape index (κ3) is 6.00. The summed E-state index contributed by atoms with van der Waals surface area (Å²) in [5.41, 5.74) is 1.29. The predicted octanol–water partition coefficient (Wildman–Crippen LogP) is 3.52. The second-order valence-electron chi connectivity index (χ2n) is 6.69. The minimum absolute atomic E-state index is 0. The lowest BCUT2D eigenvalue weighted by Crippen LogP contribution is -2.43. The first kappa shape index (κ1) is 21.8. The second-order valence-corrected chi connectivity index (χ2v) is 7.13. The molecular formula is C19H27ClIN5O. The zero-order valence-electron chi connectivity index (χ0n) is 15.9. The zero-order chi connectivity index (χ0) is 18.5. The van der Waals surface area contributed by atoms with E-state index in [4.69, 9.17) is 16.3 Å². The molecule has 8 heteroatoms. The van der Waals surface area contributed by atoms with Crippen LogP contribution in [0.3, 0.4) is 0 Å². The highest BCUT2D eigenvalue weighted by atomic mass is 127. The summed E-state index contributed by atoms with van der Waals surface area (Å²) in [6, 6.07) is 7.47. The molecule has 0 aliphatic carbocycles. The Kier molecular flexibility index (Phi) is 8.22. The molecule has 2 aromatic rings. The van der Waals surface area contributed by atoms with Crippen LogP contribution < -0.4 is 10.1 Å². The van der Waals surface area contributed by atoms with Gasteiger partial charge in [-0.2, -0.15) is 5.10 Å². The Morgan fingerprint density at radius 2 is 2.30 bits per heavy atom. The Labute approximate surface area is 183 Å². The molecule has 0 spiro atoms. The van der Waals surface area contributed by atoms with E-state index in [0.29, 0.717) is 17.5 Å². The van der Waals surface area contributed by atoms with Crippen molar-refractivity contribution < 1.29 is 4.74 Å². The highest BCUT2D eigenvalue weighted by molar-refractivity contribution is 14.0. The molecule has 3 rings (SSSR count). The van der Waals surface area contributed by atoms with E-state index in [9.17, 15) is 0 Å². The molecule has 1 aromatic heterocycles. The van der Waals surface area contributed by atoms with Crippen molar-refractivity contribution in [3.8, 4) is 5.75 Å². The Morgan fingerprint density at radius 3 is 2.96 bits per heavy atom. The van der Waals surface area contributed by atoms with E-state index in [1.165, 1.54) is 5.56 Å². The molecule has 1 fully saturated rings. The van der Waals surface area contributed by atoms with Gasteiger partial charge in [-0.3, -0.25) is 9.67 Å². The molecule has 0 bridgehead atoms. The van der Waals surface area contributed by atoms with Crippen molar-refractivity contribution in [1.82, 2.24) is 20.0 Å². The summed E-state index contributed by atoms with van der Waals surface area (Å²) in [6.45, 7) is 4.65. The van der Waals surface area contributed by atoms with Crippen LogP contribution in [-0.4, -0.2) is 53.4 Å². The Balaban J connectivity index is 0.00000261. The second kappa shape index (κ2) is 10.2. The van der Waals surface area contributed by atoms with Gasteiger partial charge in [0.25, 0.3) is 0 Å². The average Bonchev–Trinajstić information content (AvgIpc) is 3.24. The van der Waals surface area contributed by atoms with Crippen molar-refractivity contribution >= 4 is 41.5 Å². The van der Waals surface area contributed by atoms with Crippen molar-refractivity contribution in [2.75, 3.05) is 26.7 Å². The van der Waals surface area contributed by atoms with Crippen molar-refractivity contribution in [1.29, 1.82) is 0 Å². The van der Waals surface area contributed by atoms with Crippen LogP contribution in [0.4, 0.5) is 0 Å². The summed E-state index contributed by atoms with van der Waals surface area (Å²) >= 11 is 6.00. The van der Waals surface area contributed by atoms with E-state index in [-0.39, 0.29) is 30.1 Å². The molecule has 148 valence electrons. The quantitative estimate of drug-likeness (QED) is 0.385. The van der Waals surface area contributed by atoms with Crippen molar-refractivity contribution in [2.45, 2.75) is 25.4 Å².